The van der Waals surface area contributed by atoms with Gasteiger partial charge >= 0.3 is 0 Å². The van der Waals surface area contributed by atoms with Crippen LogP contribution in [0.1, 0.15) is 25.3 Å². The van der Waals surface area contributed by atoms with Crippen LogP contribution in [0.4, 0.5) is 5.13 Å². The number of nitrogens with one attached hydrogen (secondary N) is 1. The molecule has 0 amide bonds. The molecule has 3 N–H and O–H groups in total. The summed E-state index contributed by atoms with van der Waals surface area (Å²) in [5, 5.41) is 2.65. The summed E-state index contributed by atoms with van der Waals surface area (Å²) < 4.78 is 5.45. The van der Waals surface area contributed by atoms with Crippen LogP contribution in [-0.2, 0) is 0 Å². The SMILES string of the molecule is COc1cc(C(C)C)ccc1-c1csc(NN)n1. The topological polar surface area (TPSA) is 60.2 Å². The Morgan fingerprint density at radius 1 is 1.39 bits per heavy atom. The van der Waals surface area contributed by atoms with Gasteiger partial charge in [-0.1, -0.05) is 19.9 Å². The summed E-state index contributed by atoms with van der Waals surface area (Å²) in [7, 11) is 1.68. The first kappa shape index (κ1) is 12.9. The normalized spacial score (nSPS) is 10.7. The lowest BCUT2D eigenvalue weighted by Gasteiger charge is -2.11. The van der Waals surface area contributed by atoms with Gasteiger partial charge < -0.3 is 4.74 Å². The smallest absolute Gasteiger partial charge is 0.197 e. The summed E-state index contributed by atoms with van der Waals surface area (Å²) in [6.07, 6.45) is 0. The Kier molecular flexibility index (Phi) is 3.84. The Morgan fingerprint density at radius 2 is 2.17 bits per heavy atom. The monoisotopic (exact) mass is 263 g/mol. The lowest BCUT2D eigenvalue weighted by Crippen LogP contribution is -2.05. The van der Waals surface area contributed by atoms with Crippen LogP contribution in [0.3, 0.4) is 0 Å². The van der Waals surface area contributed by atoms with Crippen molar-refractivity contribution in [3.8, 4) is 17.0 Å². The number of nitrogens with two attached hydrogens (primary N) is 1. The highest BCUT2D eigenvalue weighted by Gasteiger charge is 2.11. The molecule has 2 aromatic rings. The molecular weight excluding hydrogens is 246 g/mol. The number of ether oxygens (including phenoxy) is 1. The number of methoxy groups -OCH3 is 1. The van der Waals surface area contributed by atoms with Crippen LogP contribution in [0.5, 0.6) is 5.75 Å². The van der Waals surface area contributed by atoms with Gasteiger partial charge in [0.25, 0.3) is 0 Å². The van der Waals surface area contributed by atoms with E-state index in [1.165, 1.54) is 16.9 Å². The van der Waals surface area contributed by atoms with Gasteiger partial charge in [-0.25, -0.2) is 10.8 Å². The number of hydrogen-bond acceptors (Lipinski definition) is 5. The highest BCUT2D eigenvalue weighted by atomic mass is 32.1. The third-order valence-electron chi connectivity index (χ3n) is 2.80. The Bertz CT molecular complexity index is 537. The minimum Gasteiger partial charge on any atom is -0.496 e. The molecule has 1 aromatic carbocycles. The van der Waals surface area contributed by atoms with Crippen molar-refractivity contribution in [3.63, 3.8) is 0 Å². The standard InChI is InChI=1S/C13H17N3OS/c1-8(2)9-4-5-10(12(6-9)17-3)11-7-18-13(15-11)16-14/h4-8H,14H2,1-3H3,(H,15,16). The first-order chi connectivity index (χ1) is 8.65. The average molecular weight is 263 g/mol. The van der Waals surface area contributed by atoms with E-state index in [0.29, 0.717) is 11.0 Å². The molecule has 0 aliphatic carbocycles. The van der Waals surface area contributed by atoms with E-state index in [1.807, 2.05) is 11.4 Å². The minimum absolute atomic E-state index is 0.477. The summed E-state index contributed by atoms with van der Waals surface area (Å²) in [5.41, 5.74) is 5.66. The van der Waals surface area contributed by atoms with Crippen LogP contribution < -0.4 is 16.0 Å². The van der Waals surface area contributed by atoms with Gasteiger partial charge in [0.1, 0.15) is 5.75 Å². The molecule has 0 saturated heterocycles. The van der Waals surface area contributed by atoms with E-state index in [-0.39, 0.29) is 0 Å². The van der Waals surface area contributed by atoms with E-state index in [9.17, 15) is 0 Å². The third kappa shape index (κ3) is 2.47. The van der Waals surface area contributed by atoms with E-state index in [2.05, 4.69) is 36.4 Å². The Balaban J connectivity index is 2.44. The minimum atomic E-state index is 0.477. The largest absolute Gasteiger partial charge is 0.496 e. The Hall–Kier alpha value is -1.59. The Labute approximate surface area is 111 Å². The van der Waals surface area contributed by atoms with Gasteiger partial charge in [-0.2, -0.15) is 0 Å². The first-order valence-corrected chi connectivity index (χ1v) is 6.64. The molecule has 0 bridgehead atoms. The molecule has 0 aliphatic rings. The lowest BCUT2D eigenvalue weighted by molar-refractivity contribution is 0.415. The molecule has 0 atom stereocenters. The van der Waals surface area contributed by atoms with Gasteiger partial charge in [-0.3, -0.25) is 5.43 Å². The quantitative estimate of drug-likeness (QED) is 0.657. The molecule has 0 unspecified atom stereocenters. The van der Waals surface area contributed by atoms with Crippen LogP contribution in [0.2, 0.25) is 0 Å². The molecule has 18 heavy (non-hydrogen) atoms. The summed E-state index contributed by atoms with van der Waals surface area (Å²) >= 11 is 1.47. The molecule has 1 heterocycles. The lowest BCUT2D eigenvalue weighted by atomic mass is 10.00. The maximum Gasteiger partial charge on any atom is 0.197 e. The van der Waals surface area contributed by atoms with Crippen LogP contribution in [0.25, 0.3) is 11.3 Å². The number of nitrogen functional groups attached to an aromatic ring is 1. The molecule has 0 saturated carbocycles. The molecule has 1 aromatic heterocycles. The van der Waals surface area contributed by atoms with Crippen LogP contribution >= 0.6 is 11.3 Å². The van der Waals surface area contributed by atoms with Gasteiger partial charge in [0, 0.05) is 10.9 Å². The number of thiazole rings is 1. The number of rotatable bonds is 4. The fourth-order valence-corrected chi connectivity index (χ4v) is 2.36. The fourth-order valence-electron chi connectivity index (χ4n) is 1.74. The van der Waals surface area contributed by atoms with E-state index in [1.54, 1.807) is 7.11 Å². The second-order valence-corrected chi connectivity index (χ2v) is 5.15. The predicted octanol–water partition coefficient (Wildman–Crippen LogP) is 3.23. The molecule has 0 spiro atoms. The molecule has 4 nitrogen and oxygen atoms in total. The van der Waals surface area contributed by atoms with E-state index in [4.69, 9.17) is 10.6 Å². The number of benzene rings is 1. The Morgan fingerprint density at radius 3 is 2.72 bits per heavy atom. The number of anilines is 1. The molecule has 96 valence electrons. The van der Waals surface area contributed by atoms with Crippen molar-refractivity contribution in [3.05, 3.63) is 29.1 Å². The molecule has 5 heteroatoms. The molecule has 0 radical (unpaired) electrons. The van der Waals surface area contributed by atoms with Gasteiger partial charge in [0.2, 0.25) is 0 Å². The van der Waals surface area contributed by atoms with Crippen molar-refractivity contribution in [1.29, 1.82) is 0 Å². The van der Waals surface area contributed by atoms with Gasteiger partial charge in [-0.05, 0) is 23.6 Å². The molecular formula is C13H17N3OS. The van der Waals surface area contributed by atoms with Gasteiger partial charge in [0.05, 0.1) is 12.8 Å². The second-order valence-electron chi connectivity index (χ2n) is 4.30. The summed E-state index contributed by atoms with van der Waals surface area (Å²) in [6, 6.07) is 6.22. The molecule has 2 rings (SSSR count). The zero-order valence-electron chi connectivity index (χ0n) is 10.7. The average Bonchev–Trinajstić information content (AvgIpc) is 2.86. The van der Waals surface area contributed by atoms with E-state index in [0.717, 1.165) is 17.0 Å². The van der Waals surface area contributed by atoms with Crippen molar-refractivity contribution < 1.29 is 4.74 Å². The number of aromatic nitrogens is 1. The fraction of sp³-hybridized carbons (Fsp3) is 0.308. The predicted molar refractivity (Wildman–Crippen MR) is 76.0 cm³/mol. The summed E-state index contributed by atoms with van der Waals surface area (Å²) in [4.78, 5) is 4.38. The van der Waals surface area contributed by atoms with Crippen molar-refractivity contribution >= 4 is 16.5 Å². The van der Waals surface area contributed by atoms with Crippen LogP contribution in [0, 0.1) is 0 Å². The zero-order valence-corrected chi connectivity index (χ0v) is 11.5. The van der Waals surface area contributed by atoms with Crippen LogP contribution in [0.15, 0.2) is 23.6 Å². The van der Waals surface area contributed by atoms with Crippen molar-refractivity contribution in [2.75, 3.05) is 12.5 Å². The van der Waals surface area contributed by atoms with E-state index >= 15 is 0 Å². The third-order valence-corrected chi connectivity index (χ3v) is 3.57. The highest BCUT2D eigenvalue weighted by molar-refractivity contribution is 7.14. The summed E-state index contributed by atoms with van der Waals surface area (Å²) in [6.45, 7) is 4.32. The van der Waals surface area contributed by atoms with Crippen molar-refractivity contribution in [2.24, 2.45) is 5.84 Å². The number of hydrogen-bond donors (Lipinski definition) is 2. The second kappa shape index (κ2) is 5.37. The van der Waals surface area contributed by atoms with Gasteiger partial charge in [0.15, 0.2) is 5.13 Å². The molecule has 0 aliphatic heterocycles. The maximum absolute atomic E-state index is 5.45. The zero-order chi connectivity index (χ0) is 13.1. The highest BCUT2D eigenvalue weighted by Crippen LogP contribution is 2.34. The first-order valence-electron chi connectivity index (χ1n) is 5.76. The number of nitrogens with zero attached hydrogens (tertiary/aromatic N) is 1. The maximum atomic E-state index is 5.45. The summed E-state index contributed by atoms with van der Waals surface area (Å²) in [5.74, 6) is 6.66. The van der Waals surface area contributed by atoms with Crippen molar-refractivity contribution in [1.82, 2.24) is 4.98 Å². The van der Waals surface area contributed by atoms with E-state index < -0.39 is 0 Å². The molecule has 0 fully saturated rings. The van der Waals surface area contributed by atoms with Gasteiger partial charge in [-0.15, -0.1) is 11.3 Å². The van der Waals surface area contributed by atoms with Crippen LogP contribution in [-0.4, -0.2) is 12.1 Å². The number of hydrazine groups is 1. The van der Waals surface area contributed by atoms with Crippen molar-refractivity contribution in [2.45, 2.75) is 19.8 Å².